The molecule has 5 nitrogen and oxygen atoms in total. The Kier molecular flexibility index (Phi) is 6.63. The number of anilines is 1. The molecule has 0 fully saturated rings. The first-order valence-corrected chi connectivity index (χ1v) is 9.27. The van der Waals surface area contributed by atoms with Crippen molar-refractivity contribution in [3.63, 3.8) is 0 Å². The van der Waals surface area contributed by atoms with Crippen molar-refractivity contribution in [1.82, 2.24) is 4.98 Å². The topological polar surface area (TPSA) is 60.5 Å². The summed E-state index contributed by atoms with van der Waals surface area (Å²) in [6, 6.07) is 19.1. The van der Waals surface area contributed by atoms with Crippen LogP contribution in [0.2, 0.25) is 0 Å². The summed E-state index contributed by atoms with van der Waals surface area (Å²) < 4.78 is 11.0. The number of hydrogen-bond acceptors (Lipinski definition) is 4. The Morgan fingerprint density at radius 1 is 1.00 bits per heavy atom. The van der Waals surface area contributed by atoms with Gasteiger partial charge in [0, 0.05) is 24.1 Å². The highest BCUT2D eigenvalue weighted by Crippen LogP contribution is 2.21. The van der Waals surface area contributed by atoms with E-state index in [4.69, 9.17) is 9.47 Å². The highest BCUT2D eigenvalue weighted by molar-refractivity contribution is 5.94. The number of methoxy groups -OCH3 is 1. The summed E-state index contributed by atoms with van der Waals surface area (Å²) in [5.74, 6) is 1.12. The monoisotopic (exact) mass is 376 g/mol. The van der Waals surface area contributed by atoms with E-state index >= 15 is 0 Å². The van der Waals surface area contributed by atoms with Crippen molar-refractivity contribution in [2.45, 2.75) is 25.9 Å². The van der Waals surface area contributed by atoms with Crippen LogP contribution >= 0.6 is 0 Å². The second kappa shape index (κ2) is 9.55. The average Bonchev–Trinajstić information content (AvgIpc) is 2.74. The van der Waals surface area contributed by atoms with Gasteiger partial charge in [-0.2, -0.15) is 0 Å². The molecule has 0 aliphatic rings. The van der Waals surface area contributed by atoms with Crippen LogP contribution in [0, 0.1) is 0 Å². The van der Waals surface area contributed by atoms with Crippen molar-refractivity contribution < 1.29 is 14.3 Å². The van der Waals surface area contributed by atoms with Crippen LogP contribution in [0.15, 0.2) is 73.1 Å². The van der Waals surface area contributed by atoms with Gasteiger partial charge in [0.15, 0.2) is 6.10 Å². The molecule has 0 aliphatic heterocycles. The van der Waals surface area contributed by atoms with Gasteiger partial charge >= 0.3 is 0 Å². The number of rotatable bonds is 8. The fraction of sp³-hybridized carbons (Fsp3) is 0.217. The van der Waals surface area contributed by atoms with E-state index in [0.717, 1.165) is 12.1 Å². The number of amides is 1. The molecule has 144 valence electrons. The van der Waals surface area contributed by atoms with Gasteiger partial charge in [-0.15, -0.1) is 0 Å². The lowest BCUT2D eigenvalue weighted by atomic mass is 10.1. The minimum atomic E-state index is -0.580. The molecular formula is C23H24N2O3. The Morgan fingerprint density at radius 3 is 2.36 bits per heavy atom. The van der Waals surface area contributed by atoms with Gasteiger partial charge in [-0.05, 0) is 60.4 Å². The predicted molar refractivity (Wildman–Crippen MR) is 110 cm³/mol. The summed E-state index contributed by atoms with van der Waals surface area (Å²) in [4.78, 5) is 16.6. The van der Waals surface area contributed by atoms with Gasteiger partial charge in [-0.25, -0.2) is 0 Å². The van der Waals surface area contributed by atoms with Crippen molar-refractivity contribution in [3.05, 3.63) is 84.2 Å². The minimum Gasteiger partial charge on any atom is -0.497 e. The van der Waals surface area contributed by atoms with Crippen molar-refractivity contribution in [1.29, 1.82) is 0 Å². The zero-order valence-electron chi connectivity index (χ0n) is 16.1. The Hall–Kier alpha value is -3.34. The second-order valence-corrected chi connectivity index (χ2v) is 6.41. The van der Waals surface area contributed by atoms with Crippen molar-refractivity contribution in [2.24, 2.45) is 0 Å². The molecule has 1 aromatic heterocycles. The number of nitrogens with one attached hydrogen (secondary N) is 1. The predicted octanol–water partition coefficient (Wildman–Crippen LogP) is 4.48. The lowest BCUT2D eigenvalue weighted by Gasteiger charge is -2.18. The number of hydrogen-bond donors (Lipinski definition) is 1. The Labute approximate surface area is 165 Å². The molecule has 5 heteroatoms. The molecule has 0 saturated carbocycles. The molecule has 1 atom stereocenters. The number of aromatic nitrogens is 1. The normalized spacial score (nSPS) is 11.5. The summed E-state index contributed by atoms with van der Waals surface area (Å²) in [6.07, 6.45) is 4.38. The number of carbonyl (C=O) groups is 1. The van der Waals surface area contributed by atoms with E-state index < -0.39 is 6.10 Å². The van der Waals surface area contributed by atoms with Gasteiger partial charge in [-0.3, -0.25) is 9.78 Å². The number of ether oxygens (including phenoxy) is 2. The van der Waals surface area contributed by atoms with Crippen molar-refractivity contribution in [2.75, 3.05) is 12.4 Å². The first-order chi connectivity index (χ1) is 13.7. The van der Waals surface area contributed by atoms with E-state index in [1.165, 1.54) is 11.1 Å². The highest BCUT2D eigenvalue weighted by Gasteiger charge is 2.18. The standard InChI is InChI=1S/C23H24N2O3/c1-3-22(28-21-6-4-5-20(16-21)27-2)23(26)25-19-9-7-17(8-10-19)15-18-11-13-24-14-12-18/h4-14,16,22H,3,15H2,1-2H3,(H,25,26)/t22-/m1/s1. The summed E-state index contributed by atoms with van der Waals surface area (Å²) in [6.45, 7) is 1.92. The van der Waals surface area contributed by atoms with Crippen LogP contribution in [0.1, 0.15) is 24.5 Å². The largest absolute Gasteiger partial charge is 0.497 e. The molecule has 2 aromatic carbocycles. The molecule has 3 aromatic rings. The van der Waals surface area contributed by atoms with Gasteiger partial charge in [0.2, 0.25) is 0 Å². The lowest BCUT2D eigenvalue weighted by Crippen LogP contribution is -2.32. The highest BCUT2D eigenvalue weighted by atomic mass is 16.5. The average molecular weight is 376 g/mol. The van der Waals surface area contributed by atoms with Gasteiger partial charge < -0.3 is 14.8 Å². The molecule has 0 radical (unpaired) electrons. The smallest absolute Gasteiger partial charge is 0.265 e. The summed E-state index contributed by atoms with van der Waals surface area (Å²) in [5.41, 5.74) is 3.12. The van der Waals surface area contributed by atoms with Gasteiger partial charge in [0.1, 0.15) is 11.5 Å². The molecule has 1 amide bonds. The molecule has 28 heavy (non-hydrogen) atoms. The third kappa shape index (κ3) is 5.33. The quantitative estimate of drug-likeness (QED) is 0.630. The molecule has 0 aliphatic carbocycles. The molecule has 3 rings (SSSR count). The van der Waals surface area contributed by atoms with Crippen LogP contribution in [-0.4, -0.2) is 24.1 Å². The summed E-state index contributed by atoms with van der Waals surface area (Å²) >= 11 is 0. The maximum atomic E-state index is 12.6. The maximum Gasteiger partial charge on any atom is 0.265 e. The van der Waals surface area contributed by atoms with Crippen LogP contribution < -0.4 is 14.8 Å². The van der Waals surface area contributed by atoms with Crippen LogP contribution in [0.25, 0.3) is 0 Å². The van der Waals surface area contributed by atoms with E-state index in [0.29, 0.717) is 17.9 Å². The minimum absolute atomic E-state index is 0.174. The van der Waals surface area contributed by atoms with E-state index in [1.807, 2.05) is 61.5 Å². The first kappa shape index (κ1) is 19.4. The number of benzene rings is 2. The van der Waals surface area contributed by atoms with Crippen molar-refractivity contribution in [3.8, 4) is 11.5 Å². The Balaban J connectivity index is 1.60. The van der Waals surface area contributed by atoms with Gasteiger partial charge in [0.05, 0.1) is 7.11 Å². The first-order valence-electron chi connectivity index (χ1n) is 9.27. The summed E-state index contributed by atoms with van der Waals surface area (Å²) in [5, 5.41) is 2.93. The van der Waals surface area contributed by atoms with Gasteiger partial charge in [-0.1, -0.05) is 25.1 Å². The van der Waals surface area contributed by atoms with E-state index in [9.17, 15) is 4.79 Å². The van der Waals surface area contributed by atoms with E-state index in [2.05, 4.69) is 10.3 Å². The van der Waals surface area contributed by atoms with Gasteiger partial charge in [0.25, 0.3) is 5.91 Å². The fourth-order valence-electron chi connectivity index (χ4n) is 2.83. The van der Waals surface area contributed by atoms with Crippen LogP contribution in [0.4, 0.5) is 5.69 Å². The third-order valence-electron chi connectivity index (χ3n) is 4.36. The molecule has 0 unspecified atom stereocenters. The van der Waals surface area contributed by atoms with E-state index in [-0.39, 0.29) is 5.91 Å². The Bertz CT molecular complexity index is 895. The molecule has 0 bridgehead atoms. The zero-order chi connectivity index (χ0) is 19.8. The zero-order valence-corrected chi connectivity index (χ0v) is 16.1. The second-order valence-electron chi connectivity index (χ2n) is 6.41. The number of pyridine rings is 1. The van der Waals surface area contributed by atoms with E-state index in [1.54, 1.807) is 25.6 Å². The van der Waals surface area contributed by atoms with Crippen molar-refractivity contribution >= 4 is 11.6 Å². The number of nitrogens with zero attached hydrogens (tertiary/aromatic N) is 1. The fourth-order valence-corrected chi connectivity index (χ4v) is 2.83. The Morgan fingerprint density at radius 2 is 1.68 bits per heavy atom. The lowest BCUT2D eigenvalue weighted by molar-refractivity contribution is -0.122. The number of carbonyl (C=O) groups excluding carboxylic acids is 1. The van der Waals surface area contributed by atoms with Crippen LogP contribution in [0.5, 0.6) is 11.5 Å². The third-order valence-corrected chi connectivity index (χ3v) is 4.36. The SMILES string of the molecule is CC[C@@H](Oc1cccc(OC)c1)C(=O)Nc1ccc(Cc2ccncc2)cc1. The maximum absolute atomic E-state index is 12.6. The van der Waals surface area contributed by atoms with Crippen LogP contribution in [-0.2, 0) is 11.2 Å². The molecular weight excluding hydrogens is 352 g/mol. The molecule has 0 spiro atoms. The van der Waals surface area contributed by atoms with Crippen LogP contribution in [0.3, 0.4) is 0 Å². The molecule has 1 heterocycles. The molecule has 0 saturated heterocycles. The summed E-state index contributed by atoms with van der Waals surface area (Å²) in [7, 11) is 1.60. The molecule has 1 N–H and O–H groups in total.